The molecular formula is C18H15N3OS2. The van der Waals surface area contributed by atoms with Crippen molar-refractivity contribution in [1.82, 2.24) is 15.3 Å². The molecule has 0 aliphatic heterocycles. The number of H-pyrrole nitrogens is 1. The summed E-state index contributed by atoms with van der Waals surface area (Å²) in [6.07, 6.45) is 0. The maximum Gasteiger partial charge on any atom is 0.268 e. The number of thiophene rings is 1. The zero-order valence-electron chi connectivity index (χ0n) is 13.0. The van der Waals surface area contributed by atoms with E-state index in [0.29, 0.717) is 12.2 Å². The molecule has 0 atom stereocenters. The second kappa shape index (κ2) is 6.22. The van der Waals surface area contributed by atoms with Gasteiger partial charge in [-0.05, 0) is 30.5 Å². The fraction of sp³-hybridized carbons (Fsp3) is 0.111. The van der Waals surface area contributed by atoms with Crippen molar-refractivity contribution in [2.24, 2.45) is 0 Å². The summed E-state index contributed by atoms with van der Waals surface area (Å²) in [5, 5.41) is 7.07. The van der Waals surface area contributed by atoms with Gasteiger partial charge in [0.1, 0.15) is 10.7 Å². The summed E-state index contributed by atoms with van der Waals surface area (Å²) in [6, 6.07) is 13.8. The van der Waals surface area contributed by atoms with Crippen molar-refractivity contribution in [3.05, 3.63) is 64.1 Å². The van der Waals surface area contributed by atoms with Crippen molar-refractivity contribution in [3.8, 4) is 9.88 Å². The number of aromatic nitrogens is 2. The van der Waals surface area contributed by atoms with Gasteiger partial charge in [0, 0.05) is 15.8 Å². The summed E-state index contributed by atoms with van der Waals surface area (Å²) < 4.78 is 0. The number of hydrogen-bond acceptors (Lipinski definition) is 4. The minimum atomic E-state index is -0.100. The Labute approximate surface area is 147 Å². The maximum absolute atomic E-state index is 12.4. The number of rotatable bonds is 4. The van der Waals surface area contributed by atoms with Gasteiger partial charge in [-0.1, -0.05) is 24.3 Å². The van der Waals surface area contributed by atoms with Gasteiger partial charge in [-0.15, -0.1) is 22.7 Å². The van der Waals surface area contributed by atoms with Crippen LogP contribution in [0.15, 0.2) is 47.8 Å². The smallest absolute Gasteiger partial charge is 0.268 e. The minimum absolute atomic E-state index is 0.100. The van der Waals surface area contributed by atoms with E-state index in [2.05, 4.69) is 21.4 Å². The van der Waals surface area contributed by atoms with Gasteiger partial charge < -0.3 is 10.3 Å². The van der Waals surface area contributed by atoms with Crippen molar-refractivity contribution >= 4 is 39.5 Å². The van der Waals surface area contributed by atoms with E-state index in [1.54, 1.807) is 22.7 Å². The zero-order valence-corrected chi connectivity index (χ0v) is 14.6. The molecule has 3 aromatic heterocycles. The molecule has 0 aliphatic carbocycles. The third-order valence-corrected chi connectivity index (χ3v) is 6.01. The molecular weight excluding hydrogens is 338 g/mol. The summed E-state index contributed by atoms with van der Waals surface area (Å²) in [7, 11) is 0. The molecule has 1 amide bonds. The molecule has 24 heavy (non-hydrogen) atoms. The first-order valence-corrected chi connectivity index (χ1v) is 9.26. The lowest BCUT2D eigenvalue weighted by Crippen LogP contribution is -2.22. The number of nitrogens with one attached hydrogen (secondary N) is 2. The highest BCUT2D eigenvalue weighted by atomic mass is 32.1. The van der Waals surface area contributed by atoms with Crippen LogP contribution in [0.5, 0.6) is 0 Å². The molecule has 0 bridgehead atoms. The number of nitrogens with zero attached hydrogens (tertiary/aromatic N) is 1. The first-order valence-electron chi connectivity index (χ1n) is 7.57. The molecule has 0 saturated carbocycles. The van der Waals surface area contributed by atoms with Gasteiger partial charge in [0.05, 0.1) is 17.1 Å². The van der Waals surface area contributed by atoms with Crippen molar-refractivity contribution in [2.45, 2.75) is 13.5 Å². The van der Waals surface area contributed by atoms with Gasteiger partial charge in [-0.2, -0.15) is 0 Å². The maximum atomic E-state index is 12.4. The fourth-order valence-electron chi connectivity index (χ4n) is 2.55. The Bertz CT molecular complexity index is 966. The van der Waals surface area contributed by atoms with E-state index >= 15 is 0 Å². The molecule has 120 valence electrons. The molecule has 0 radical (unpaired) electrons. The average molecular weight is 353 g/mol. The number of thiazole rings is 1. The summed E-state index contributed by atoms with van der Waals surface area (Å²) in [6.45, 7) is 2.47. The summed E-state index contributed by atoms with van der Waals surface area (Å²) >= 11 is 3.31. The number of hydrogen-bond donors (Lipinski definition) is 2. The van der Waals surface area contributed by atoms with Crippen molar-refractivity contribution in [3.63, 3.8) is 0 Å². The minimum Gasteiger partial charge on any atom is -0.351 e. The van der Waals surface area contributed by atoms with Gasteiger partial charge in [-0.3, -0.25) is 4.79 Å². The van der Waals surface area contributed by atoms with E-state index in [1.807, 2.05) is 48.7 Å². The number of benzene rings is 1. The van der Waals surface area contributed by atoms with E-state index < -0.39 is 0 Å². The predicted molar refractivity (Wildman–Crippen MR) is 99.6 cm³/mol. The monoisotopic (exact) mass is 353 g/mol. The second-order valence-electron chi connectivity index (χ2n) is 5.46. The van der Waals surface area contributed by atoms with Crippen LogP contribution in [0, 0.1) is 6.92 Å². The van der Waals surface area contributed by atoms with E-state index in [9.17, 15) is 4.79 Å². The topological polar surface area (TPSA) is 57.8 Å². The Hall–Kier alpha value is -2.44. The quantitative estimate of drug-likeness (QED) is 0.564. The van der Waals surface area contributed by atoms with Crippen LogP contribution in [0.2, 0.25) is 0 Å². The Morgan fingerprint density at radius 1 is 1.25 bits per heavy atom. The highest BCUT2D eigenvalue weighted by Crippen LogP contribution is 2.31. The van der Waals surface area contributed by atoms with E-state index in [4.69, 9.17) is 0 Å². The number of aromatic amines is 1. The molecule has 0 unspecified atom stereocenters. The largest absolute Gasteiger partial charge is 0.351 e. The van der Waals surface area contributed by atoms with Crippen LogP contribution in [0.25, 0.3) is 20.8 Å². The standard InChI is InChI=1S/C18H15N3OS2/c1-11-16(24-18(20-11)15-7-4-8-23-15)10-19-17(22)14-9-12-5-2-3-6-13(12)21-14/h2-9,21H,10H2,1H3,(H,19,22). The van der Waals surface area contributed by atoms with Gasteiger partial charge in [0.25, 0.3) is 5.91 Å². The third-order valence-electron chi connectivity index (χ3n) is 3.81. The lowest BCUT2D eigenvalue weighted by atomic mass is 10.2. The molecule has 0 spiro atoms. The summed E-state index contributed by atoms with van der Waals surface area (Å²) in [5.41, 5.74) is 2.52. The number of carbonyl (C=O) groups is 1. The first-order chi connectivity index (χ1) is 11.7. The Morgan fingerprint density at radius 2 is 2.12 bits per heavy atom. The van der Waals surface area contributed by atoms with Crippen LogP contribution in [0.4, 0.5) is 0 Å². The van der Waals surface area contributed by atoms with Crippen LogP contribution >= 0.6 is 22.7 Å². The summed E-state index contributed by atoms with van der Waals surface area (Å²) in [4.78, 5) is 22.4. The van der Waals surface area contributed by atoms with Crippen LogP contribution in [-0.4, -0.2) is 15.9 Å². The third kappa shape index (κ3) is 2.86. The van der Waals surface area contributed by atoms with E-state index in [-0.39, 0.29) is 5.91 Å². The Kier molecular flexibility index (Phi) is 3.92. The Morgan fingerprint density at radius 3 is 2.92 bits per heavy atom. The number of carbonyl (C=O) groups excluding carboxylic acids is 1. The van der Waals surface area contributed by atoms with Gasteiger partial charge in [0.2, 0.25) is 0 Å². The van der Waals surface area contributed by atoms with E-state index in [1.165, 1.54) is 0 Å². The van der Waals surface area contributed by atoms with Crippen molar-refractivity contribution in [2.75, 3.05) is 0 Å². The molecule has 0 aliphatic rings. The van der Waals surface area contributed by atoms with Crippen LogP contribution < -0.4 is 5.32 Å². The highest BCUT2D eigenvalue weighted by Gasteiger charge is 2.13. The molecule has 0 saturated heterocycles. The highest BCUT2D eigenvalue weighted by molar-refractivity contribution is 7.21. The number of amides is 1. The lowest BCUT2D eigenvalue weighted by Gasteiger charge is -2.02. The lowest BCUT2D eigenvalue weighted by molar-refractivity contribution is 0.0947. The SMILES string of the molecule is Cc1nc(-c2cccs2)sc1CNC(=O)c1cc2ccccc2[nH]1. The molecule has 4 nitrogen and oxygen atoms in total. The number of aryl methyl sites for hydroxylation is 1. The van der Waals surface area contributed by atoms with Gasteiger partial charge in [-0.25, -0.2) is 4.98 Å². The van der Waals surface area contributed by atoms with Crippen molar-refractivity contribution in [1.29, 1.82) is 0 Å². The molecule has 6 heteroatoms. The molecule has 3 heterocycles. The van der Waals surface area contributed by atoms with Crippen LogP contribution in [0.3, 0.4) is 0 Å². The van der Waals surface area contributed by atoms with Gasteiger partial charge in [0.15, 0.2) is 0 Å². The summed E-state index contributed by atoms with van der Waals surface area (Å²) in [5.74, 6) is -0.100. The average Bonchev–Trinajstić information content (AvgIpc) is 3.31. The number of para-hydroxylation sites is 1. The molecule has 4 rings (SSSR count). The fourth-order valence-corrected chi connectivity index (χ4v) is 4.35. The van der Waals surface area contributed by atoms with Crippen LogP contribution in [0.1, 0.15) is 21.1 Å². The molecule has 1 aromatic carbocycles. The normalized spacial score (nSPS) is 11.0. The predicted octanol–water partition coefficient (Wildman–Crippen LogP) is 4.59. The molecule has 0 fully saturated rings. The second-order valence-corrected chi connectivity index (χ2v) is 7.49. The zero-order chi connectivity index (χ0) is 16.5. The van der Waals surface area contributed by atoms with Gasteiger partial charge >= 0.3 is 0 Å². The van der Waals surface area contributed by atoms with E-state index in [0.717, 1.165) is 31.4 Å². The molecule has 4 aromatic rings. The van der Waals surface area contributed by atoms with Crippen LogP contribution in [-0.2, 0) is 6.54 Å². The molecule has 2 N–H and O–H groups in total. The van der Waals surface area contributed by atoms with Crippen molar-refractivity contribution < 1.29 is 4.79 Å². The first kappa shape index (κ1) is 15.1. The Balaban J connectivity index is 1.49. The number of fused-ring (bicyclic) bond motifs is 1.